The summed E-state index contributed by atoms with van der Waals surface area (Å²) in [5.41, 5.74) is 0. The molecule has 0 aliphatic rings. The molecule has 0 radical (unpaired) electrons. The van der Waals surface area contributed by atoms with Crippen molar-refractivity contribution in [1.29, 1.82) is 0 Å². The smallest absolute Gasteiger partial charge is 0.510 e. The average Bonchev–Trinajstić information content (AvgIpc) is 2.16. The Labute approximate surface area is 113 Å². The number of hydrogen-bond donors (Lipinski definition) is 0. The van der Waals surface area contributed by atoms with Gasteiger partial charge in [-0.05, 0) is 25.7 Å². The molecule has 0 aliphatic heterocycles. The van der Waals surface area contributed by atoms with Gasteiger partial charge in [0.1, 0.15) is 0 Å². The van der Waals surface area contributed by atoms with E-state index in [-0.39, 0.29) is 0 Å². The van der Waals surface area contributed by atoms with Gasteiger partial charge in [0.15, 0.2) is 0 Å². The molecule has 0 bridgehead atoms. The third-order valence-electron chi connectivity index (χ3n) is 2.79. The second-order valence-corrected chi connectivity index (χ2v) is 5.72. The van der Waals surface area contributed by atoms with E-state index in [9.17, 15) is 14.1 Å². The van der Waals surface area contributed by atoms with Crippen LogP contribution in [0.3, 0.4) is 0 Å². The maximum Gasteiger partial charge on any atom is 1.04 e. The number of quaternary nitrogens is 1. The lowest BCUT2D eigenvalue weighted by atomic mass is 10.2. The van der Waals surface area contributed by atoms with Crippen molar-refractivity contribution in [2.75, 3.05) is 26.2 Å². The monoisotopic (exact) mass is 289 g/mol. The fourth-order valence-corrected chi connectivity index (χ4v) is 2.57. The van der Waals surface area contributed by atoms with Gasteiger partial charge in [0, 0.05) is 0 Å². The standard InChI is InChI=1S/C12H28N.Al.4FH/c1-5-9-13(10-6-2,11-7-3)12-8-4;;;;;/h5-12H2,1-4H3;;4*1H/q+1;+3;;;;/p-4. The summed E-state index contributed by atoms with van der Waals surface area (Å²) in [6.45, 7) is 14.8. The minimum Gasteiger partial charge on any atom is -0.510 e. The predicted octanol–water partition coefficient (Wildman–Crippen LogP) is 4.74. The van der Waals surface area contributed by atoms with Crippen LogP contribution in [0.4, 0.5) is 14.1 Å². The Morgan fingerprint density at radius 3 is 0.889 bits per heavy atom. The van der Waals surface area contributed by atoms with Crippen LogP contribution in [-0.4, -0.2) is 45.6 Å². The van der Waals surface area contributed by atoms with Gasteiger partial charge in [0.2, 0.25) is 0 Å². The van der Waals surface area contributed by atoms with E-state index in [0.717, 1.165) is 0 Å². The van der Waals surface area contributed by atoms with Crippen molar-refractivity contribution in [2.45, 2.75) is 53.4 Å². The summed E-state index contributed by atoms with van der Waals surface area (Å²) in [5.74, 6) is 0. The lowest BCUT2D eigenvalue weighted by Crippen LogP contribution is -2.50. The third kappa shape index (κ3) is 14.3. The quantitative estimate of drug-likeness (QED) is 0.344. The summed E-state index contributed by atoms with van der Waals surface area (Å²) in [4.78, 5) is 0. The van der Waals surface area contributed by atoms with Crippen LogP contribution in [0.2, 0.25) is 0 Å². The highest BCUT2D eigenvalue weighted by Gasteiger charge is 2.41. The van der Waals surface area contributed by atoms with Crippen LogP contribution in [0.15, 0.2) is 0 Å². The van der Waals surface area contributed by atoms with Crippen molar-refractivity contribution in [3.63, 3.8) is 0 Å². The highest BCUT2D eigenvalue weighted by Crippen LogP contribution is 2.12. The van der Waals surface area contributed by atoms with Crippen molar-refractivity contribution in [1.82, 2.24) is 0 Å². The molecule has 0 amide bonds. The summed E-state index contributed by atoms with van der Waals surface area (Å²) in [5, 5.41) is 0. The van der Waals surface area contributed by atoms with E-state index >= 15 is 0 Å². The molecule has 0 atom stereocenters. The maximum atomic E-state index is 9.85. The minimum absolute atomic E-state index is 1.33. The molecular weight excluding hydrogens is 261 g/mol. The van der Waals surface area contributed by atoms with Crippen LogP contribution in [0.5, 0.6) is 0 Å². The molecule has 0 aromatic rings. The molecule has 1 nitrogen and oxygen atoms in total. The molecule has 0 rings (SSSR count). The SMILES string of the molecule is CCC[N+](CCC)(CCC)CCC.[F][Al-]([F])([F])[F]. The molecule has 0 spiro atoms. The zero-order valence-electron chi connectivity index (χ0n) is 12.2. The minimum atomic E-state index is -6.83. The van der Waals surface area contributed by atoms with Crippen LogP contribution in [-0.2, 0) is 0 Å². The van der Waals surface area contributed by atoms with Gasteiger partial charge in [-0.15, -0.1) is 0 Å². The Hall–Kier alpha value is 0.212. The van der Waals surface area contributed by atoms with Gasteiger partial charge in [-0.2, -0.15) is 0 Å². The molecule has 0 unspecified atom stereocenters. The first kappa shape index (κ1) is 20.5. The first-order valence-corrected chi connectivity index (χ1v) is 8.71. The third-order valence-corrected chi connectivity index (χ3v) is 2.79. The molecule has 6 heteroatoms. The molecule has 112 valence electrons. The lowest BCUT2D eigenvalue weighted by Gasteiger charge is -2.38. The van der Waals surface area contributed by atoms with E-state index < -0.39 is 14.9 Å². The van der Waals surface area contributed by atoms with Gasteiger partial charge >= 0.3 is 14.9 Å². The van der Waals surface area contributed by atoms with Crippen LogP contribution in [0.25, 0.3) is 0 Å². The van der Waals surface area contributed by atoms with Gasteiger partial charge in [-0.1, -0.05) is 27.7 Å². The van der Waals surface area contributed by atoms with E-state index in [1.165, 1.54) is 56.3 Å². The van der Waals surface area contributed by atoms with E-state index in [4.69, 9.17) is 0 Å². The lowest BCUT2D eigenvalue weighted by molar-refractivity contribution is -0.928. The first-order valence-electron chi connectivity index (χ1n) is 6.97. The van der Waals surface area contributed by atoms with Gasteiger partial charge in [0.05, 0.1) is 26.2 Å². The Morgan fingerprint density at radius 1 is 0.611 bits per heavy atom. The molecule has 0 fully saturated rings. The zero-order valence-corrected chi connectivity index (χ0v) is 13.3. The summed E-state index contributed by atoms with van der Waals surface area (Å²) in [7, 11) is 0. The van der Waals surface area contributed by atoms with Crippen molar-refractivity contribution in [2.24, 2.45) is 0 Å². The van der Waals surface area contributed by atoms with Crippen LogP contribution in [0, 0.1) is 0 Å². The summed E-state index contributed by atoms with van der Waals surface area (Å²) in [6, 6.07) is 0. The Balaban J connectivity index is 0. The fraction of sp³-hybridized carbons (Fsp3) is 1.00. The van der Waals surface area contributed by atoms with Gasteiger partial charge in [-0.3, -0.25) is 0 Å². The molecule has 0 N–H and O–H groups in total. The second-order valence-electron chi connectivity index (χ2n) is 4.73. The molecule has 0 aromatic heterocycles. The largest absolute Gasteiger partial charge is 1.04 e. The van der Waals surface area contributed by atoms with Gasteiger partial charge < -0.3 is 18.6 Å². The predicted molar refractivity (Wildman–Crippen MR) is 71.1 cm³/mol. The number of nitrogens with zero attached hydrogens (tertiary/aromatic N) is 1. The molecule has 0 aliphatic carbocycles. The summed E-state index contributed by atoms with van der Waals surface area (Å²) in [6.07, 6.45) is 5.33. The van der Waals surface area contributed by atoms with E-state index in [0.29, 0.717) is 0 Å². The summed E-state index contributed by atoms with van der Waals surface area (Å²) < 4.78 is 40.8. The van der Waals surface area contributed by atoms with E-state index in [1.807, 2.05) is 0 Å². The number of rotatable bonds is 8. The van der Waals surface area contributed by atoms with Crippen LogP contribution >= 0.6 is 0 Å². The van der Waals surface area contributed by atoms with E-state index in [1.54, 1.807) is 0 Å². The number of hydrogen-bond acceptors (Lipinski definition) is 0. The van der Waals surface area contributed by atoms with Crippen molar-refractivity contribution >= 4 is 14.9 Å². The van der Waals surface area contributed by atoms with Crippen molar-refractivity contribution < 1.29 is 18.6 Å². The van der Waals surface area contributed by atoms with Crippen molar-refractivity contribution in [3.8, 4) is 0 Å². The normalized spacial score (nSPS) is 12.0. The van der Waals surface area contributed by atoms with Crippen LogP contribution in [0.1, 0.15) is 53.4 Å². The Kier molecular flexibility index (Phi) is 12.6. The van der Waals surface area contributed by atoms with Crippen molar-refractivity contribution in [3.05, 3.63) is 0 Å². The Morgan fingerprint density at radius 2 is 0.778 bits per heavy atom. The molecular formula is C12H28AlF4N. The van der Waals surface area contributed by atoms with E-state index in [2.05, 4.69) is 27.7 Å². The summed E-state index contributed by atoms with van der Waals surface area (Å²) >= 11 is -6.83. The van der Waals surface area contributed by atoms with Gasteiger partial charge in [0.25, 0.3) is 0 Å². The molecule has 0 heterocycles. The van der Waals surface area contributed by atoms with Gasteiger partial charge in [-0.25, -0.2) is 0 Å². The highest BCUT2D eigenvalue weighted by molar-refractivity contribution is 6.50. The average molecular weight is 289 g/mol. The number of halogens is 4. The molecule has 0 saturated heterocycles. The first-order chi connectivity index (χ1) is 8.24. The maximum absolute atomic E-state index is 9.85. The highest BCUT2D eigenvalue weighted by atomic mass is 27.5. The molecule has 0 saturated carbocycles. The second kappa shape index (κ2) is 11.1. The topological polar surface area (TPSA) is 0 Å². The Bertz CT molecular complexity index is 150. The fourth-order valence-electron chi connectivity index (χ4n) is 2.57. The van der Waals surface area contributed by atoms with Crippen LogP contribution < -0.4 is 0 Å². The molecule has 0 aromatic carbocycles. The zero-order chi connectivity index (χ0) is 14.7. The molecule has 18 heavy (non-hydrogen) atoms.